The number of nitrogens with zero attached hydrogens (tertiary/aromatic N) is 2. The topological polar surface area (TPSA) is 68.0 Å². The zero-order valence-corrected chi connectivity index (χ0v) is 13.3. The molecule has 0 bridgehead atoms. The first-order valence-corrected chi connectivity index (χ1v) is 7.77. The highest BCUT2D eigenvalue weighted by molar-refractivity contribution is 9.10. The molecule has 0 spiro atoms. The van der Waals surface area contributed by atoms with E-state index in [4.69, 9.17) is 4.52 Å². The second-order valence-electron chi connectivity index (χ2n) is 5.39. The number of carbonyl (C=O) groups excluding carboxylic acids is 1. The highest BCUT2D eigenvalue weighted by atomic mass is 79.9. The van der Waals surface area contributed by atoms with Crippen LogP contribution in [0.3, 0.4) is 0 Å². The Hall–Kier alpha value is -1.69. The van der Waals surface area contributed by atoms with Gasteiger partial charge in [-0.05, 0) is 37.1 Å². The maximum Gasteiger partial charge on any atom is 0.252 e. The molecule has 1 aromatic heterocycles. The van der Waals surface area contributed by atoms with Crippen molar-refractivity contribution in [2.75, 3.05) is 0 Å². The van der Waals surface area contributed by atoms with Crippen molar-refractivity contribution in [3.63, 3.8) is 0 Å². The number of aromatic nitrogens is 2. The Morgan fingerprint density at radius 1 is 1.29 bits per heavy atom. The van der Waals surface area contributed by atoms with Crippen molar-refractivity contribution >= 4 is 21.8 Å². The van der Waals surface area contributed by atoms with E-state index in [2.05, 4.69) is 31.4 Å². The minimum atomic E-state index is -0.498. The number of hydrogen-bond donors (Lipinski definition) is 1. The first-order valence-electron chi connectivity index (χ1n) is 6.98. The lowest BCUT2D eigenvalue weighted by atomic mass is 9.96. The van der Waals surface area contributed by atoms with E-state index in [0.29, 0.717) is 17.3 Å². The number of aryl methyl sites for hydroxylation is 1. The molecule has 6 heteroatoms. The largest absolute Gasteiger partial charge is 0.340 e. The molecule has 0 saturated heterocycles. The number of amides is 1. The summed E-state index contributed by atoms with van der Waals surface area (Å²) in [5, 5.41) is 7.14. The molecule has 1 saturated carbocycles. The van der Waals surface area contributed by atoms with E-state index >= 15 is 0 Å². The second kappa shape index (κ2) is 5.60. The monoisotopic (exact) mass is 349 g/mol. The summed E-state index contributed by atoms with van der Waals surface area (Å²) in [6, 6.07) is 7.30. The van der Waals surface area contributed by atoms with Gasteiger partial charge in [-0.1, -0.05) is 33.9 Å². The molecule has 0 radical (unpaired) electrons. The van der Waals surface area contributed by atoms with Gasteiger partial charge in [0.1, 0.15) is 5.54 Å². The summed E-state index contributed by atoms with van der Waals surface area (Å²) in [7, 11) is 0. The molecule has 0 unspecified atom stereocenters. The van der Waals surface area contributed by atoms with Crippen molar-refractivity contribution < 1.29 is 9.32 Å². The Bertz CT molecular complexity index is 645. The molecule has 1 aliphatic carbocycles. The molecular weight excluding hydrogens is 334 g/mol. The third-order valence-corrected chi connectivity index (χ3v) is 4.40. The summed E-state index contributed by atoms with van der Waals surface area (Å²) in [5.74, 6) is 1.00. The number of benzene rings is 1. The van der Waals surface area contributed by atoms with E-state index in [1.165, 1.54) is 0 Å². The Balaban J connectivity index is 1.85. The fraction of sp³-hybridized carbons (Fsp3) is 0.400. The zero-order chi connectivity index (χ0) is 14.9. The average molecular weight is 350 g/mol. The third-order valence-electron chi connectivity index (χ3n) is 3.87. The fourth-order valence-corrected chi connectivity index (χ4v) is 3.03. The molecule has 3 rings (SSSR count). The number of carbonyl (C=O) groups is 1. The molecular formula is C15H16BrN3O2. The lowest BCUT2D eigenvalue weighted by molar-refractivity contribution is 0.0892. The van der Waals surface area contributed by atoms with Gasteiger partial charge in [0.15, 0.2) is 5.82 Å². The molecule has 0 atom stereocenters. The molecule has 1 amide bonds. The molecule has 1 aromatic carbocycles. The van der Waals surface area contributed by atoms with Crippen LogP contribution in [0.25, 0.3) is 0 Å². The van der Waals surface area contributed by atoms with Crippen LogP contribution in [-0.4, -0.2) is 16.0 Å². The van der Waals surface area contributed by atoms with Gasteiger partial charge >= 0.3 is 0 Å². The highest BCUT2D eigenvalue weighted by Gasteiger charge is 2.41. The van der Waals surface area contributed by atoms with E-state index < -0.39 is 5.54 Å². The molecule has 1 aliphatic rings. The summed E-state index contributed by atoms with van der Waals surface area (Å²) in [5.41, 5.74) is 0.131. The second-order valence-corrected chi connectivity index (χ2v) is 6.30. The molecule has 1 fully saturated rings. The standard InChI is InChI=1S/C15H16BrN3O2/c1-10-17-14(19-21-10)15(8-2-3-9-15)18-13(20)11-4-6-12(16)7-5-11/h4-7H,2-3,8-9H2,1H3,(H,18,20). The van der Waals surface area contributed by atoms with Crippen LogP contribution >= 0.6 is 15.9 Å². The maximum absolute atomic E-state index is 12.5. The van der Waals surface area contributed by atoms with Gasteiger partial charge in [0.2, 0.25) is 5.89 Å². The molecule has 110 valence electrons. The Morgan fingerprint density at radius 3 is 2.52 bits per heavy atom. The smallest absolute Gasteiger partial charge is 0.252 e. The molecule has 1 N–H and O–H groups in total. The van der Waals surface area contributed by atoms with Crippen molar-refractivity contribution in [1.29, 1.82) is 0 Å². The highest BCUT2D eigenvalue weighted by Crippen LogP contribution is 2.37. The molecule has 21 heavy (non-hydrogen) atoms. The normalized spacial score (nSPS) is 16.9. The number of halogens is 1. The number of nitrogens with one attached hydrogen (secondary N) is 1. The minimum absolute atomic E-state index is 0.105. The predicted octanol–water partition coefficient (Wildman–Crippen LogP) is 3.34. The van der Waals surface area contributed by atoms with Gasteiger partial charge in [-0.2, -0.15) is 4.98 Å². The van der Waals surface area contributed by atoms with Crippen LogP contribution in [-0.2, 0) is 5.54 Å². The van der Waals surface area contributed by atoms with Crippen LogP contribution in [0, 0.1) is 6.92 Å². The van der Waals surface area contributed by atoms with E-state index in [1.54, 1.807) is 19.1 Å². The van der Waals surface area contributed by atoms with Crippen molar-refractivity contribution in [2.24, 2.45) is 0 Å². The van der Waals surface area contributed by atoms with Gasteiger partial charge in [-0.3, -0.25) is 4.79 Å². The first-order chi connectivity index (χ1) is 10.1. The van der Waals surface area contributed by atoms with Crippen LogP contribution in [0.4, 0.5) is 0 Å². The first kappa shape index (κ1) is 14.3. The third kappa shape index (κ3) is 2.85. The van der Waals surface area contributed by atoms with Gasteiger partial charge < -0.3 is 9.84 Å². The van der Waals surface area contributed by atoms with Crippen molar-refractivity contribution in [1.82, 2.24) is 15.5 Å². The van der Waals surface area contributed by atoms with Crippen LogP contribution in [0.2, 0.25) is 0 Å². The van der Waals surface area contributed by atoms with Crippen molar-refractivity contribution in [2.45, 2.75) is 38.1 Å². The summed E-state index contributed by atoms with van der Waals surface area (Å²) in [6.45, 7) is 1.76. The summed E-state index contributed by atoms with van der Waals surface area (Å²) in [6.07, 6.45) is 3.78. The number of hydrogen-bond acceptors (Lipinski definition) is 4. The summed E-state index contributed by atoms with van der Waals surface area (Å²) in [4.78, 5) is 16.8. The summed E-state index contributed by atoms with van der Waals surface area (Å²) < 4.78 is 6.03. The van der Waals surface area contributed by atoms with Gasteiger partial charge in [-0.15, -0.1) is 0 Å². The molecule has 5 nitrogen and oxygen atoms in total. The predicted molar refractivity (Wildman–Crippen MR) is 80.8 cm³/mol. The van der Waals surface area contributed by atoms with Gasteiger partial charge in [-0.25, -0.2) is 0 Å². The number of rotatable bonds is 3. The van der Waals surface area contributed by atoms with Crippen LogP contribution in [0.15, 0.2) is 33.3 Å². The quantitative estimate of drug-likeness (QED) is 0.922. The maximum atomic E-state index is 12.5. The molecule has 1 heterocycles. The van der Waals surface area contributed by atoms with Crippen molar-refractivity contribution in [3.8, 4) is 0 Å². The molecule has 0 aliphatic heterocycles. The average Bonchev–Trinajstić information content (AvgIpc) is 3.09. The Morgan fingerprint density at radius 2 is 1.95 bits per heavy atom. The van der Waals surface area contributed by atoms with E-state index in [-0.39, 0.29) is 5.91 Å². The molecule has 2 aromatic rings. The van der Waals surface area contributed by atoms with E-state index in [0.717, 1.165) is 30.2 Å². The van der Waals surface area contributed by atoms with Gasteiger partial charge in [0, 0.05) is 17.0 Å². The van der Waals surface area contributed by atoms with Crippen LogP contribution in [0.5, 0.6) is 0 Å². The minimum Gasteiger partial charge on any atom is -0.340 e. The van der Waals surface area contributed by atoms with E-state index in [1.807, 2.05) is 12.1 Å². The van der Waals surface area contributed by atoms with Gasteiger partial charge in [0.25, 0.3) is 5.91 Å². The lowest BCUT2D eigenvalue weighted by Gasteiger charge is -2.26. The van der Waals surface area contributed by atoms with Crippen LogP contribution < -0.4 is 5.32 Å². The van der Waals surface area contributed by atoms with E-state index in [9.17, 15) is 4.79 Å². The zero-order valence-electron chi connectivity index (χ0n) is 11.7. The Kier molecular flexibility index (Phi) is 3.80. The summed E-state index contributed by atoms with van der Waals surface area (Å²) >= 11 is 3.37. The van der Waals surface area contributed by atoms with Crippen LogP contribution in [0.1, 0.15) is 47.8 Å². The fourth-order valence-electron chi connectivity index (χ4n) is 2.77. The van der Waals surface area contributed by atoms with Crippen molar-refractivity contribution in [3.05, 3.63) is 46.0 Å². The SMILES string of the molecule is Cc1nc(C2(NC(=O)c3ccc(Br)cc3)CCCC2)no1. The van der Waals surface area contributed by atoms with Gasteiger partial charge in [0.05, 0.1) is 0 Å². The lowest BCUT2D eigenvalue weighted by Crippen LogP contribution is -2.44. The Labute approximate surface area is 131 Å².